The van der Waals surface area contributed by atoms with E-state index in [-0.39, 0.29) is 18.4 Å². The molecule has 0 fully saturated rings. The Morgan fingerprint density at radius 3 is 2.27 bits per heavy atom. The summed E-state index contributed by atoms with van der Waals surface area (Å²) in [4.78, 5) is 12.1. The largest absolute Gasteiger partial charge is 0.362 e. The zero-order valence-corrected chi connectivity index (χ0v) is 15.1. The van der Waals surface area contributed by atoms with E-state index in [1.165, 1.54) is 0 Å². The van der Waals surface area contributed by atoms with E-state index in [0.717, 1.165) is 11.1 Å². The van der Waals surface area contributed by atoms with Gasteiger partial charge in [0.2, 0.25) is 5.91 Å². The number of carbonyl (C=O) groups is 1. The van der Waals surface area contributed by atoms with Gasteiger partial charge in [-0.2, -0.15) is 0 Å². The minimum atomic E-state index is -0.153. The molecule has 0 aliphatic heterocycles. The van der Waals surface area contributed by atoms with Crippen LogP contribution in [0.1, 0.15) is 24.1 Å². The lowest BCUT2D eigenvalue weighted by molar-refractivity contribution is -0.115. The van der Waals surface area contributed by atoms with Gasteiger partial charge in [-0.15, -0.1) is 10.2 Å². The second-order valence-electron chi connectivity index (χ2n) is 5.93. The van der Waals surface area contributed by atoms with Crippen molar-refractivity contribution in [2.75, 3.05) is 10.6 Å². The first kappa shape index (κ1) is 17.9. The Balaban J connectivity index is 1.55. The number of rotatable bonds is 6. The number of benzene rings is 2. The molecule has 5 nitrogen and oxygen atoms in total. The summed E-state index contributed by atoms with van der Waals surface area (Å²) in [6.07, 6.45) is 0.254. The van der Waals surface area contributed by atoms with Crippen LogP contribution in [0.25, 0.3) is 0 Å². The van der Waals surface area contributed by atoms with E-state index in [9.17, 15) is 4.79 Å². The van der Waals surface area contributed by atoms with Crippen LogP contribution >= 0.6 is 11.6 Å². The number of hydrogen-bond donors (Lipinski definition) is 2. The molecule has 0 aliphatic rings. The highest BCUT2D eigenvalue weighted by Gasteiger charge is 2.08. The molecule has 0 bridgehead atoms. The Kier molecular flexibility index (Phi) is 5.81. The van der Waals surface area contributed by atoms with E-state index in [2.05, 4.69) is 39.9 Å². The Labute approximate surface area is 157 Å². The van der Waals surface area contributed by atoms with Crippen molar-refractivity contribution in [2.45, 2.75) is 19.4 Å². The zero-order valence-electron chi connectivity index (χ0n) is 14.3. The van der Waals surface area contributed by atoms with Crippen LogP contribution in [0, 0.1) is 0 Å². The van der Waals surface area contributed by atoms with Crippen LogP contribution in [-0.2, 0) is 11.2 Å². The quantitative estimate of drug-likeness (QED) is 0.674. The molecule has 0 spiro atoms. The first-order chi connectivity index (χ1) is 12.6. The number of amides is 1. The smallest absolute Gasteiger partial charge is 0.229 e. The lowest BCUT2D eigenvalue weighted by Gasteiger charge is -2.14. The Morgan fingerprint density at radius 2 is 1.62 bits per heavy atom. The van der Waals surface area contributed by atoms with Gasteiger partial charge in [0.1, 0.15) is 5.82 Å². The van der Waals surface area contributed by atoms with Crippen LogP contribution < -0.4 is 10.6 Å². The van der Waals surface area contributed by atoms with Gasteiger partial charge in [-0.25, -0.2) is 0 Å². The number of carbonyl (C=O) groups excluding carboxylic acids is 1. The van der Waals surface area contributed by atoms with E-state index < -0.39 is 0 Å². The highest BCUT2D eigenvalue weighted by atomic mass is 35.5. The van der Waals surface area contributed by atoms with Crippen LogP contribution in [0.2, 0.25) is 5.02 Å². The summed E-state index contributed by atoms with van der Waals surface area (Å²) >= 11 is 5.84. The van der Waals surface area contributed by atoms with Crippen molar-refractivity contribution in [1.29, 1.82) is 0 Å². The number of aromatic nitrogens is 2. The van der Waals surface area contributed by atoms with E-state index in [4.69, 9.17) is 11.6 Å². The molecule has 1 atom stereocenters. The van der Waals surface area contributed by atoms with Crippen molar-refractivity contribution in [3.05, 3.63) is 82.9 Å². The molecule has 0 radical (unpaired) electrons. The second kappa shape index (κ2) is 8.45. The number of nitrogens with one attached hydrogen (secondary N) is 2. The first-order valence-electron chi connectivity index (χ1n) is 8.29. The van der Waals surface area contributed by atoms with E-state index in [0.29, 0.717) is 16.7 Å². The molecule has 1 aromatic heterocycles. The van der Waals surface area contributed by atoms with Gasteiger partial charge < -0.3 is 10.6 Å². The summed E-state index contributed by atoms with van der Waals surface area (Å²) in [6.45, 7) is 2.05. The van der Waals surface area contributed by atoms with Crippen molar-refractivity contribution >= 4 is 29.1 Å². The molecule has 1 heterocycles. The lowest BCUT2D eigenvalue weighted by atomic mass is 10.1. The number of halogens is 1. The number of nitrogens with zero attached hydrogens (tertiary/aromatic N) is 2. The van der Waals surface area contributed by atoms with Gasteiger partial charge in [-0.05, 0) is 42.3 Å². The number of anilines is 2. The van der Waals surface area contributed by atoms with Gasteiger partial charge >= 0.3 is 0 Å². The maximum Gasteiger partial charge on any atom is 0.229 e. The SMILES string of the molecule is CC(Nc1ccc(NC(=O)Cc2ccc(Cl)cc2)nn1)c1ccccc1. The molecule has 1 amide bonds. The molecule has 3 aromatic rings. The zero-order chi connectivity index (χ0) is 18.4. The minimum absolute atomic E-state index is 0.107. The molecular weight excluding hydrogens is 348 g/mol. The molecule has 6 heteroatoms. The molecule has 0 saturated heterocycles. The molecule has 2 N–H and O–H groups in total. The molecule has 26 heavy (non-hydrogen) atoms. The summed E-state index contributed by atoms with van der Waals surface area (Å²) in [6, 6.07) is 20.9. The van der Waals surface area contributed by atoms with E-state index in [1.54, 1.807) is 24.3 Å². The second-order valence-corrected chi connectivity index (χ2v) is 6.37. The predicted octanol–water partition coefficient (Wildman–Crippen LogP) is 4.48. The Bertz CT molecular complexity index is 851. The topological polar surface area (TPSA) is 66.9 Å². The molecule has 2 aromatic carbocycles. The highest BCUT2D eigenvalue weighted by molar-refractivity contribution is 6.30. The van der Waals surface area contributed by atoms with Gasteiger partial charge in [0.15, 0.2) is 5.82 Å². The highest BCUT2D eigenvalue weighted by Crippen LogP contribution is 2.17. The maximum absolute atomic E-state index is 12.1. The van der Waals surface area contributed by atoms with Gasteiger partial charge in [0.05, 0.1) is 6.42 Å². The Hall–Kier alpha value is -2.92. The third-order valence-electron chi connectivity index (χ3n) is 3.87. The summed E-state index contributed by atoms with van der Waals surface area (Å²) < 4.78 is 0. The fourth-order valence-electron chi connectivity index (χ4n) is 2.50. The molecular formula is C20H19ClN4O. The third kappa shape index (κ3) is 5.04. The van der Waals surface area contributed by atoms with Crippen LogP contribution in [0.5, 0.6) is 0 Å². The van der Waals surface area contributed by atoms with Crippen LogP contribution in [0.3, 0.4) is 0 Å². The van der Waals surface area contributed by atoms with Gasteiger partial charge in [0.25, 0.3) is 0 Å². The van der Waals surface area contributed by atoms with Gasteiger partial charge in [-0.1, -0.05) is 54.1 Å². The molecule has 0 saturated carbocycles. The summed E-state index contributed by atoms with van der Waals surface area (Å²) in [7, 11) is 0. The van der Waals surface area contributed by atoms with E-state index in [1.807, 2.05) is 30.3 Å². The van der Waals surface area contributed by atoms with Crippen molar-refractivity contribution in [1.82, 2.24) is 10.2 Å². The summed E-state index contributed by atoms with van der Waals surface area (Å²) in [5, 5.41) is 14.9. The van der Waals surface area contributed by atoms with Crippen molar-refractivity contribution in [3.8, 4) is 0 Å². The van der Waals surface area contributed by atoms with Crippen molar-refractivity contribution in [3.63, 3.8) is 0 Å². The van der Waals surface area contributed by atoms with Crippen molar-refractivity contribution < 1.29 is 4.79 Å². The molecule has 0 aliphatic carbocycles. The van der Waals surface area contributed by atoms with Crippen LogP contribution in [0.15, 0.2) is 66.7 Å². The summed E-state index contributed by atoms with van der Waals surface area (Å²) in [5.41, 5.74) is 2.05. The molecule has 3 rings (SSSR count). The summed E-state index contributed by atoms with van der Waals surface area (Å²) in [5.74, 6) is 0.916. The third-order valence-corrected chi connectivity index (χ3v) is 4.13. The monoisotopic (exact) mass is 366 g/mol. The minimum Gasteiger partial charge on any atom is -0.362 e. The lowest BCUT2D eigenvalue weighted by Crippen LogP contribution is -2.16. The fraction of sp³-hybridized carbons (Fsp3) is 0.150. The van der Waals surface area contributed by atoms with Crippen LogP contribution in [-0.4, -0.2) is 16.1 Å². The predicted molar refractivity (Wildman–Crippen MR) is 104 cm³/mol. The Morgan fingerprint density at radius 1 is 0.962 bits per heavy atom. The number of hydrogen-bond acceptors (Lipinski definition) is 4. The fourth-order valence-corrected chi connectivity index (χ4v) is 2.62. The first-order valence-corrected chi connectivity index (χ1v) is 8.67. The van der Waals surface area contributed by atoms with Gasteiger partial charge in [0, 0.05) is 11.1 Å². The standard InChI is InChI=1S/C20H19ClN4O/c1-14(16-5-3-2-4-6-16)22-18-11-12-19(25-24-18)23-20(26)13-15-7-9-17(21)10-8-15/h2-12,14H,13H2,1H3,(H,22,24)(H,23,25,26). The molecule has 132 valence electrons. The molecule has 1 unspecified atom stereocenters. The maximum atomic E-state index is 12.1. The van der Waals surface area contributed by atoms with Gasteiger partial charge in [-0.3, -0.25) is 4.79 Å². The normalized spacial score (nSPS) is 11.6. The van der Waals surface area contributed by atoms with Crippen molar-refractivity contribution in [2.24, 2.45) is 0 Å². The van der Waals surface area contributed by atoms with E-state index >= 15 is 0 Å². The average molecular weight is 367 g/mol. The average Bonchev–Trinajstić information content (AvgIpc) is 2.66. The van der Waals surface area contributed by atoms with Crippen LogP contribution in [0.4, 0.5) is 11.6 Å².